The van der Waals surface area contributed by atoms with Gasteiger partial charge in [0, 0.05) is 24.8 Å². The van der Waals surface area contributed by atoms with Crippen LogP contribution in [-0.2, 0) is 9.47 Å². The number of benzene rings is 3. The van der Waals surface area contributed by atoms with Crippen molar-refractivity contribution < 1.29 is 28.1 Å². The van der Waals surface area contributed by atoms with Gasteiger partial charge in [-0.15, -0.1) is 0 Å². The number of rotatable bonds is 5. The quantitative estimate of drug-likeness (QED) is 0.373. The fourth-order valence-electron chi connectivity index (χ4n) is 5.91. The Hall–Kier alpha value is -3.53. The summed E-state index contributed by atoms with van der Waals surface area (Å²) < 4.78 is 47.7. The van der Waals surface area contributed by atoms with Gasteiger partial charge in [-0.3, -0.25) is 0 Å². The number of piperidine rings is 1. The second kappa shape index (κ2) is 9.89. The predicted octanol–water partition coefficient (Wildman–Crippen LogP) is 5.07. The molecule has 3 saturated heterocycles. The average molecular weight is 534 g/mol. The number of halogens is 2. The van der Waals surface area contributed by atoms with E-state index in [-0.39, 0.29) is 35.8 Å². The first-order valence-corrected chi connectivity index (χ1v) is 13.5. The zero-order valence-corrected chi connectivity index (χ0v) is 21.3. The van der Waals surface area contributed by atoms with Crippen LogP contribution in [0, 0.1) is 11.6 Å². The Morgan fingerprint density at radius 2 is 1.54 bits per heavy atom. The van der Waals surface area contributed by atoms with Crippen LogP contribution in [0.4, 0.5) is 14.5 Å². The number of nitrogens with zero attached hydrogens (tertiary/aromatic N) is 2. The van der Waals surface area contributed by atoms with Crippen LogP contribution in [-0.4, -0.2) is 65.8 Å². The second-order valence-corrected chi connectivity index (χ2v) is 10.5. The Kier molecular flexibility index (Phi) is 6.22. The molecule has 39 heavy (non-hydrogen) atoms. The summed E-state index contributed by atoms with van der Waals surface area (Å²) in [5.74, 6) is -1.46. The number of aliphatic hydroxyl groups excluding tert-OH is 1. The van der Waals surface area contributed by atoms with E-state index in [2.05, 4.69) is 39.1 Å². The lowest BCUT2D eigenvalue weighted by atomic mass is 9.99. The third-order valence-corrected chi connectivity index (χ3v) is 7.99. The summed E-state index contributed by atoms with van der Waals surface area (Å²) in [4.78, 5) is 9.50. The van der Waals surface area contributed by atoms with Gasteiger partial charge in [-0.05, 0) is 48.1 Å². The molecule has 0 spiro atoms. The molecule has 0 amide bonds. The summed E-state index contributed by atoms with van der Waals surface area (Å²) in [5.41, 5.74) is 3.70. The van der Waals surface area contributed by atoms with E-state index >= 15 is 8.78 Å². The van der Waals surface area contributed by atoms with Gasteiger partial charge in [0.2, 0.25) is 0 Å². The van der Waals surface area contributed by atoms with Gasteiger partial charge < -0.3 is 29.2 Å². The fraction of sp³-hybridized carbons (Fsp3) is 0.367. The van der Waals surface area contributed by atoms with Gasteiger partial charge in [0.05, 0.1) is 24.3 Å². The highest BCUT2D eigenvalue weighted by Crippen LogP contribution is 2.35. The van der Waals surface area contributed by atoms with Gasteiger partial charge in [0.15, 0.2) is 11.9 Å². The van der Waals surface area contributed by atoms with Crippen LogP contribution in [0.15, 0.2) is 54.6 Å². The minimum atomic E-state index is -0.761. The standard InChI is InChI=1S/C30H29F2N3O4/c31-21-14-22-27(34-30(33-22)39-24-16-38-28-23(36)15-37-29(24)28)26(32)25(21)19-6-4-17(5-7-19)18-8-10-20(11-9-18)35-12-2-1-3-13-35/h4-11,14,23-24,28-29,36H,1-3,12-13,15-16H2,(H,33,34)/t23-,24-,28-,29-/m1/s1. The molecule has 2 N–H and O–H groups in total. The van der Waals surface area contributed by atoms with Crippen molar-refractivity contribution in [2.75, 3.05) is 31.2 Å². The number of aliphatic hydroxyl groups is 1. The molecule has 1 aromatic heterocycles. The summed E-state index contributed by atoms with van der Waals surface area (Å²) in [6, 6.07) is 16.9. The Bertz CT molecular complexity index is 1490. The van der Waals surface area contributed by atoms with Crippen molar-refractivity contribution >= 4 is 16.7 Å². The summed E-state index contributed by atoms with van der Waals surface area (Å²) in [7, 11) is 0. The Balaban J connectivity index is 1.12. The first kappa shape index (κ1) is 24.5. The normalized spacial score (nSPS) is 24.8. The molecule has 0 unspecified atom stereocenters. The molecule has 0 bridgehead atoms. The maximum atomic E-state index is 15.6. The highest BCUT2D eigenvalue weighted by Gasteiger charge is 2.48. The van der Waals surface area contributed by atoms with Crippen LogP contribution in [0.5, 0.6) is 6.01 Å². The van der Waals surface area contributed by atoms with E-state index in [0.29, 0.717) is 5.56 Å². The van der Waals surface area contributed by atoms with Crippen LogP contribution >= 0.6 is 0 Å². The van der Waals surface area contributed by atoms with Crippen molar-refractivity contribution in [3.8, 4) is 28.3 Å². The number of H-pyrrole nitrogens is 1. The molecule has 3 aliphatic rings. The Morgan fingerprint density at radius 3 is 2.28 bits per heavy atom. The van der Waals surface area contributed by atoms with E-state index in [4.69, 9.17) is 14.2 Å². The van der Waals surface area contributed by atoms with E-state index in [1.54, 1.807) is 12.1 Å². The van der Waals surface area contributed by atoms with Crippen LogP contribution in [0.25, 0.3) is 33.3 Å². The highest BCUT2D eigenvalue weighted by molar-refractivity contribution is 5.84. The molecule has 4 heterocycles. The number of hydrogen-bond acceptors (Lipinski definition) is 6. The summed E-state index contributed by atoms with van der Waals surface area (Å²) in [5, 5.41) is 9.92. The zero-order valence-electron chi connectivity index (χ0n) is 21.3. The van der Waals surface area contributed by atoms with E-state index < -0.39 is 36.1 Å². The molecule has 4 atom stereocenters. The van der Waals surface area contributed by atoms with Gasteiger partial charge in [-0.2, -0.15) is 4.98 Å². The third-order valence-electron chi connectivity index (χ3n) is 7.99. The number of aromatic amines is 1. The number of aromatic nitrogens is 2. The number of hydrogen-bond donors (Lipinski definition) is 2. The highest BCUT2D eigenvalue weighted by atomic mass is 19.1. The third kappa shape index (κ3) is 4.44. The van der Waals surface area contributed by atoms with Crippen LogP contribution in [0.1, 0.15) is 19.3 Å². The smallest absolute Gasteiger partial charge is 0.295 e. The van der Waals surface area contributed by atoms with Gasteiger partial charge >= 0.3 is 0 Å². The van der Waals surface area contributed by atoms with Crippen molar-refractivity contribution in [1.82, 2.24) is 9.97 Å². The van der Waals surface area contributed by atoms with Crippen molar-refractivity contribution in [1.29, 1.82) is 0 Å². The van der Waals surface area contributed by atoms with Gasteiger partial charge in [0.1, 0.15) is 29.6 Å². The number of anilines is 1. The number of fused-ring (bicyclic) bond motifs is 2. The van der Waals surface area contributed by atoms with Crippen LogP contribution in [0.2, 0.25) is 0 Å². The van der Waals surface area contributed by atoms with Crippen molar-refractivity contribution in [3.63, 3.8) is 0 Å². The van der Waals surface area contributed by atoms with E-state index in [9.17, 15) is 5.11 Å². The number of ether oxygens (including phenoxy) is 3. The minimum absolute atomic E-state index is 0.0124. The SMILES string of the molecule is O[C@@H]1CO[C@H]2[C@@H]1OC[C@H]2Oc1nc2c(F)c(-c3ccc(-c4ccc(N5CCCCC5)cc4)cc3)c(F)cc2[nH]1. The van der Waals surface area contributed by atoms with Crippen molar-refractivity contribution in [2.24, 2.45) is 0 Å². The van der Waals surface area contributed by atoms with Gasteiger partial charge in [-0.25, -0.2) is 8.78 Å². The summed E-state index contributed by atoms with van der Waals surface area (Å²) in [6.45, 7) is 2.56. The molecular formula is C30H29F2N3O4. The molecule has 0 aliphatic carbocycles. The lowest BCUT2D eigenvalue weighted by Crippen LogP contribution is -2.34. The molecule has 0 radical (unpaired) electrons. The molecule has 0 saturated carbocycles. The van der Waals surface area contributed by atoms with E-state index in [0.717, 1.165) is 24.2 Å². The van der Waals surface area contributed by atoms with Crippen molar-refractivity contribution in [3.05, 3.63) is 66.2 Å². The largest absolute Gasteiger partial charge is 0.456 e. The molecule has 3 fully saturated rings. The fourth-order valence-corrected chi connectivity index (χ4v) is 5.91. The van der Waals surface area contributed by atoms with E-state index in [1.807, 2.05) is 12.1 Å². The van der Waals surface area contributed by atoms with Crippen molar-refractivity contribution in [2.45, 2.75) is 43.7 Å². The number of nitrogens with one attached hydrogen (secondary N) is 1. The monoisotopic (exact) mass is 533 g/mol. The summed E-state index contributed by atoms with van der Waals surface area (Å²) >= 11 is 0. The topological polar surface area (TPSA) is 79.8 Å². The average Bonchev–Trinajstić information content (AvgIpc) is 3.67. The maximum absolute atomic E-state index is 15.6. The van der Waals surface area contributed by atoms with E-state index in [1.165, 1.54) is 31.0 Å². The lowest BCUT2D eigenvalue weighted by molar-refractivity contribution is 0.00706. The molecule has 7 rings (SSSR count). The molecule has 9 heteroatoms. The molecular weight excluding hydrogens is 504 g/mol. The lowest BCUT2D eigenvalue weighted by Gasteiger charge is -2.28. The van der Waals surface area contributed by atoms with Crippen LogP contribution < -0.4 is 9.64 Å². The molecule has 202 valence electrons. The zero-order chi connectivity index (χ0) is 26.5. The first-order valence-electron chi connectivity index (χ1n) is 13.5. The second-order valence-electron chi connectivity index (χ2n) is 10.5. The Morgan fingerprint density at radius 1 is 0.872 bits per heavy atom. The molecule has 4 aromatic rings. The minimum Gasteiger partial charge on any atom is -0.456 e. The molecule has 3 aromatic carbocycles. The summed E-state index contributed by atoms with van der Waals surface area (Å²) in [6.07, 6.45) is 1.62. The van der Waals surface area contributed by atoms with Gasteiger partial charge in [0.25, 0.3) is 6.01 Å². The Labute approximate surface area is 224 Å². The van der Waals surface area contributed by atoms with Crippen LogP contribution in [0.3, 0.4) is 0 Å². The maximum Gasteiger partial charge on any atom is 0.295 e. The number of imidazole rings is 1. The molecule has 7 nitrogen and oxygen atoms in total. The predicted molar refractivity (Wildman–Crippen MR) is 143 cm³/mol. The van der Waals surface area contributed by atoms with Gasteiger partial charge in [-0.1, -0.05) is 36.4 Å². The first-order chi connectivity index (χ1) is 19.0. The molecule has 3 aliphatic heterocycles.